The molecule has 0 amide bonds. The number of anilines is 2. The van der Waals surface area contributed by atoms with E-state index in [2.05, 4.69) is 22.1 Å². The number of hydrogen-bond acceptors (Lipinski definition) is 7. The van der Waals surface area contributed by atoms with Crippen LogP contribution >= 0.6 is 22.9 Å². The second-order valence-corrected chi connectivity index (χ2v) is 7.93. The Labute approximate surface area is 171 Å². The van der Waals surface area contributed by atoms with Gasteiger partial charge in [-0.1, -0.05) is 17.7 Å². The van der Waals surface area contributed by atoms with Crippen molar-refractivity contribution in [3.05, 3.63) is 46.3 Å². The van der Waals surface area contributed by atoms with Gasteiger partial charge >= 0.3 is 0 Å². The third kappa shape index (κ3) is 3.27. The van der Waals surface area contributed by atoms with E-state index in [1.165, 1.54) is 4.88 Å². The van der Waals surface area contributed by atoms with E-state index < -0.39 is 0 Å². The lowest BCUT2D eigenvalue weighted by atomic mass is 10.2. The topological polar surface area (TPSA) is 73.5 Å². The lowest BCUT2D eigenvalue weighted by Crippen LogP contribution is -2.19. The molecular formula is C20H19ClN4O2S. The Morgan fingerprint density at radius 3 is 2.54 bits per heavy atom. The molecule has 2 heterocycles. The maximum absolute atomic E-state index is 6.29. The molecule has 144 valence electrons. The van der Waals surface area contributed by atoms with Crippen LogP contribution in [0.5, 0.6) is 11.5 Å². The van der Waals surface area contributed by atoms with E-state index in [1.807, 2.05) is 30.1 Å². The van der Waals surface area contributed by atoms with E-state index in [0.717, 1.165) is 20.5 Å². The SMILES string of the molecule is COc1cc2nc(N(C)Cc3cc4c(Cl)cccc4s3)nc(N)c2cc1OC. The van der Waals surface area contributed by atoms with E-state index in [4.69, 9.17) is 26.8 Å². The van der Waals surface area contributed by atoms with Crippen molar-refractivity contribution >= 4 is 55.7 Å². The summed E-state index contributed by atoms with van der Waals surface area (Å²) in [5.41, 5.74) is 6.90. The molecule has 4 rings (SSSR count). The molecule has 0 aliphatic heterocycles. The molecule has 8 heteroatoms. The largest absolute Gasteiger partial charge is 0.493 e. The van der Waals surface area contributed by atoms with E-state index in [1.54, 1.807) is 31.6 Å². The van der Waals surface area contributed by atoms with Crippen LogP contribution in [0.25, 0.3) is 21.0 Å². The van der Waals surface area contributed by atoms with Crippen molar-refractivity contribution in [2.75, 3.05) is 31.9 Å². The Morgan fingerprint density at radius 1 is 1.07 bits per heavy atom. The highest BCUT2D eigenvalue weighted by molar-refractivity contribution is 7.19. The molecule has 28 heavy (non-hydrogen) atoms. The van der Waals surface area contributed by atoms with E-state index in [9.17, 15) is 0 Å². The maximum atomic E-state index is 6.29. The minimum absolute atomic E-state index is 0.396. The van der Waals surface area contributed by atoms with Gasteiger partial charge in [0.1, 0.15) is 5.82 Å². The highest BCUT2D eigenvalue weighted by Gasteiger charge is 2.15. The number of nitrogens with zero attached hydrogens (tertiary/aromatic N) is 3. The number of rotatable bonds is 5. The number of hydrogen-bond donors (Lipinski definition) is 1. The average molecular weight is 415 g/mol. The van der Waals surface area contributed by atoms with Gasteiger partial charge in [0.05, 0.1) is 26.3 Å². The summed E-state index contributed by atoms with van der Waals surface area (Å²) >= 11 is 8.00. The fraction of sp³-hybridized carbons (Fsp3) is 0.200. The minimum atomic E-state index is 0.396. The molecule has 0 fully saturated rings. The number of fused-ring (bicyclic) bond motifs is 2. The van der Waals surface area contributed by atoms with Gasteiger partial charge in [0, 0.05) is 38.5 Å². The lowest BCUT2D eigenvalue weighted by Gasteiger charge is -2.18. The highest BCUT2D eigenvalue weighted by Crippen LogP contribution is 2.35. The molecule has 0 radical (unpaired) electrons. The van der Waals surface area contributed by atoms with Crippen LogP contribution in [0.3, 0.4) is 0 Å². The second-order valence-electron chi connectivity index (χ2n) is 6.35. The van der Waals surface area contributed by atoms with Crippen LogP contribution in [0.1, 0.15) is 4.88 Å². The number of methoxy groups -OCH3 is 2. The van der Waals surface area contributed by atoms with Gasteiger partial charge in [0.15, 0.2) is 11.5 Å². The average Bonchev–Trinajstić information content (AvgIpc) is 3.10. The summed E-state index contributed by atoms with van der Waals surface area (Å²) in [5, 5.41) is 2.55. The summed E-state index contributed by atoms with van der Waals surface area (Å²) in [6.07, 6.45) is 0. The quantitative estimate of drug-likeness (QED) is 0.508. The molecule has 0 bridgehead atoms. The van der Waals surface area contributed by atoms with Gasteiger partial charge in [-0.2, -0.15) is 4.98 Å². The Morgan fingerprint density at radius 2 is 1.82 bits per heavy atom. The van der Waals surface area contributed by atoms with Crippen LogP contribution in [0.2, 0.25) is 5.02 Å². The van der Waals surface area contributed by atoms with Gasteiger partial charge in [-0.05, 0) is 24.3 Å². The standard InChI is InChI=1S/C20H19ClN4O2S/c1-25(10-11-7-12-14(21)5-4-6-18(12)28-11)20-23-15-9-17(27-3)16(26-2)8-13(15)19(22)24-20/h4-9H,10H2,1-3H3,(H2,22,23,24). The number of aromatic nitrogens is 2. The van der Waals surface area contributed by atoms with Gasteiger partial charge < -0.3 is 20.1 Å². The smallest absolute Gasteiger partial charge is 0.227 e. The van der Waals surface area contributed by atoms with Crippen LogP contribution in [-0.4, -0.2) is 31.2 Å². The number of halogens is 1. The molecule has 0 spiro atoms. The first kappa shape index (κ1) is 18.6. The Hall–Kier alpha value is -2.77. The fourth-order valence-electron chi connectivity index (χ4n) is 3.10. The first-order valence-electron chi connectivity index (χ1n) is 8.57. The molecule has 0 atom stereocenters. The number of thiophene rings is 1. The maximum Gasteiger partial charge on any atom is 0.227 e. The van der Waals surface area contributed by atoms with Gasteiger partial charge in [0.2, 0.25) is 5.95 Å². The van der Waals surface area contributed by atoms with E-state index in [-0.39, 0.29) is 0 Å². The molecule has 0 unspecified atom stereocenters. The molecule has 0 aliphatic rings. The summed E-state index contributed by atoms with van der Waals surface area (Å²) in [5.74, 6) is 2.13. The third-order valence-corrected chi connectivity index (χ3v) is 5.93. The molecule has 2 aromatic carbocycles. The summed E-state index contributed by atoms with van der Waals surface area (Å²) in [6, 6.07) is 11.6. The van der Waals surface area contributed by atoms with Gasteiger partial charge in [0.25, 0.3) is 0 Å². The van der Waals surface area contributed by atoms with Gasteiger partial charge in [-0.15, -0.1) is 11.3 Å². The summed E-state index contributed by atoms with van der Waals surface area (Å²) in [4.78, 5) is 12.3. The number of ether oxygens (including phenoxy) is 2. The highest BCUT2D eigenvalue weighted by atomic mass is 35.5. The Bertz CT molecular complexity index is 1180. The van der Waals surface area contributed by atoms with Crippen molar-refractivity contribution in [2.45, 2.75) is 6.54 Å². The molecule has 4 aromatic rings. The first-order chi connectivity index (χ1) is 13.5. The minimum Gasteiger partial charge on any atom is -0.493 e. The molecular weight excluding hydrogens is 396 g/mol. The second kappa shape index (κ2) is 7.33. The van der Waals surface area contributed by atoms with Crippen molar-refractivity contribution in [1.29, 1.82) is 0 Å². The van der Waals surface area contributed by atoms with Gasteiger partial charge in [-0.25, -0.2) is 4.98 Å². The van der Waals surface area contributed by atoms with Crippen LogP contribution in [0.15, 0.2) is 36.4 Å². The monoisotopic (exact) mass is 414 g/mol. The fourth-order valence-corrected chi connectivity index (χ4v) is 4.53. The first-order valence-corrected chi connectivity index (χ1v) is 9.77. The van der Waals surface area contributed by atoms with Crippen molar-refractivity contribution in [3.63, 3.8) is 0 Å². The number of nitrogens with two attached hydrogens (primary N) is 1. The zero-order chi connectivity index (χ0) is 19.8. The van der Waals surface area contributed by atoms with Crippen molar-refractivity contribution in [2.24, 2.45) is 0 Å². The van der Waals surface area contributed by atoms with E-state index >= 15 is 0 Å². The molecule has 2 N–H and O–H groups in total. The summed E-state index contributed by atoms with van der Waals surface area (Å²) in [6.45, 7) is 0.647. The molecule has 0 aliphatic carbocycles. The zero-order valence-corrected chi connectivity index (χ0v) is 17.3. The number of benzene rings is 2. The van der Waals surface area contributed by atoms with Crippen molar-refractivity contribution < 1.29 is 9.47 Å². The Kier molecular flexibility index (Phi) is 4.87. The number of nitrogen functional groups attached to an aromatic ring is 1. The molecule has 0 saturated heterocycles. The summed E-state index contributed by atoms with van der Waals surface area (Å²) < 4.78 is 11.9. The molecule has 6 nitrogen and oxygen atoms in total. The molecule has 2 aromatic heterocycles. The van der Waals surface area contributed by atoms with Crippen LogP contribution in [-0.2, 0) is 6.54 Å². The van der Waals surface area contributed by atoms with Crippen molar-refractivity contribution in [1.82, 2.24) is 9.97 Å². The summed E-state index contributed by atoms with van der Waals surface area (Å²) in [7, 11) is 5.11. The van der Waals surface area contributed by atoms with E-state index in [0.29, 0.717) is 35.3 Å². The lowest BCUT2D eigenvalue weighted by molar-refractivity contribution is 0.356. The van der Waals surface area contributed by atoms with Gasteiger partial charge in [-0.3, -0.25) is 0 Å². The van der Waals surface area contributed by atoms with Crippen LogP contribution in [0, 0.1) is 0 Å². The van der Waals surface area contributed by atoms with Crippen LogP contribution < -0.4 is 20.1 Å². The predicted octanol–water partition coefficient (Wildman–Crippen LogP) is 4.73. The van der Waals surface area contributed by atoms with Crippen LogP contribution in [0.4, 0.5) is 11.8 Å². The predicted molar refractivity (Wildman–Crippen MR) is 116 cm³/mol. The zero-order valence-electron chi connectivity index (χ0n) is 15.7. The third-order valence-electron chi connectivity index (χ3n) is 4.51. The molecule has 0 saturated carbocycles. The van der Waals surface area contributed by atoms with Crippen molar-refractivity contribution in [3.8, 4) is 11.5 Å². The normalized spacial score (nSPS) is 11.1. The Balaban J connectivity index is 1.69.